The van der Waals surface area contributed by atoms with Crippen LogP contribution in [0.5, 0.6) is 0 Å². The highest BCUT2D eigenvalue weighted by molar-refractivity contribution is 6.30. The number of aromatic nitrogens is 2. The van der Waals surface area contributed by atoms with Crippen LogP contribution in [0.25, 0.3) is 5.65 Å². The lowest BCUT2D eigenvalue weighted by Gasteiger charge is -2.36. The van der Waals surface area contributed by atoms with Gasteiger partial charge >= 0.3 is 0 Å². The molecule has 4 rings (SSSR count). The van der Waals surface area contributed by atoms with Gasteiger partial charge in [-0.25, -0.2) is 4.98 Å². The van der Waals surface area contributed by atoms with Crippen molar-refractivity contribution in [2.45, 2.75) is 12.5 Å². The maximum Gasteiger partial charge on any atom is 0.239 e. The van der Waals surface area contributed by atoms with E-state index in [4.69, 9.17) is 17.3 Å². The molecule has 6 nitrogen and oxygen atoms in total. The van der Waals surface area contributed by atoms with Gasteiger partial charge in [0, 0.05) is 37.4 Å². The van der Waals surface area contributed by atoms with Gasteiger partial charge in [0.2, 0.25) is 5.91 Å². The number of fused-ring (bicyclic) bond motifs is 1. The third-order valence-electron chi connectivity index (χ3n) is 5.00. The SMILES string of the molecule is NC(Cc1ccc(Cl)cc1)C(=O)N1CCN(c2cnc3ccccn23)CC1. The Morgan fingerprint density at radius 2 is 1.85 bits per heavy atom. The molecular weight excluding hydrogens is 362 g/mol. The van der Waals surface area contributed by atoms with E-state index in [-0.39, 0.29) is 5.91 Å². The Morgan fingerprint density at radius 1 is 1.11 bits per heavy atom. The number of anilines is 1. The number of carbonyl (C=O) groups excluding carboxylic acids is 1. The van der Waals surface area contributed by atoms with Crippen molar-refractivity contribution in [2.75, 3.05) is 31.1 Å². The summed E-state index contributed by atoms with van der Waals surface area (Å²) < 4.78 is 2.07. The Balaban J connectivity index is 1.37. The lowest BCUT2D eigenvalue weighted by molar-refractivity contribution is -0.132. The number of pyridine rings is 1. The minimum Gasteiger partial charge on any atom is -0.353 e. The first-order valence-electron chi connectivity index (χ1n) is 9.07. The van der Waals surface area contributed by atoms with Crippen LogP contribution in [-0.4, -0.2) is 52.4 Å². The topological polar surface area (TPSA) is 66.9 Å². The molecule has 0 aliphatic carbocycles. The summed E-state index contributed by atoms with van der Waals surface area (Å²) in [6, 6.07) is 12.9. The maximum absolute atomic E-state index is 12.7. The molecule has 0 radical (unpaired) electrons. The van der Waals surface area contributed by atoms with E-state index in [1.165, 1.54) is 0 Å². The molecule has 7 heteroatoms. The van der Waals surface area contributed by atoms with Crippen LogP contribution < -0.4 is 10.6 Å². The van der Waals surface area contributed by atoms with Crippen molar-refractivity contribution < 1.29 is 4.79 Å². The summed E-state index contributed by atoms with van der Waals surface area (Å²) in [6.07, 6.45) is 4.42. The number of amides is 1. The fourth-order valence-corrected chi connectivity index (χ4v) is 3.63. The normalized spacial score (nSPS) is 15.9. The molecule has 1 saturated heterocycles. The van der Waals surface area contributed by atoms with Crippen LogP contribution in [0.3, 0.4) is 0 Å². The predicted octanol–water partition coefficient (Wildman–Crippen LogP) is 2.21. The van der Waals surface area contributed by atoms with E-state index in [0.29, 0.717) is 24.5 Å². The van der Waals surface area contributed by atoms with Crippen molar-refractivity contribution in [3.63, 3.8) is 0 Å². The number of rotatable bonds is 4. The quantitative estimate of drug-likeness (QED) is 0.750. The van der Waals surface area contributed by atoms with Crippen LogP contribution in [0.4, 0.5) is 5.82 Å². The lowest BCUT2D eigenvalue weighted by Crippen LogP contribution is -2.53. The Morgan fingerprint density at radius 3 is 2.59 bits per heavy atom. The summed E-state index contributed by atoms with van der Waals surface area (Å²) >= 11 is 5.91. The van der Waals surface area contributed by atoms with Gasteiger partial charge in [0.25, 0.3) is 0 Å². The molecule has 2 N–H and O–H groups in total. The number of piperazine rings is 1. The van der Waals surface area contributed by atoms with E-state index in [9.17, 15) is 4.79 Å². The molecule has 1 aromatic carbocycles. The number of hydrogen-bond donors (Lipinski definition) is 1. The van der Waals surface area contributed by atoms with Crippen LogP contribution in [0.2, 0.25) is 5.02 Å². The molecular formula is C20H22ClN5O. The molecule has 3 aromatic rings. The van der Waals surface area contributed by atoms with Crippen molar-refractivity contribution >= 4 is 29.0 Å². The first-order chi connectivity index (χ1) is 13.1. The minimum absolute atomic E-state index is 0.00254. The summed E-state index contributed by atoms with van der Waals surface area (Å²) in [7, 11) is 0. The van der Waals surface area contributed by atoms with E-state index in [1.807, 2.05) is 59.8 Å². The lowest BCUT2D eigenvalue weighted by atomic mass is 10.1. The summed E-state index contributed by atoms with van der Waals surface area (Å²) in [4.78, 5) is 21.3. The van der Waals surface area contributed by atoms with Gasteiger partial charge in [-0.3, -0.25) is 9.20 Å². The fourth-order valence-electron chi connectivity index (χ4n) is 3.51. The second-order valence-electron chi connectivity index (χ2n) is 6.79. The summed E-state index contributed by atoms with van der Waals surface area (Å²) in [5, 5.41) is 0.683. The smallest absolute Gasteiger partial charge is 0.239 e. The van der Waals surface area contributed by atoms with Gasteiger partial charge in [-0.2, -0.15) is 0 Å². The van der Waals surface area contributed by atoms with E-state index in [2.05, 4.69) is 14.3 Å². The van der Waals surface area contributed by atoms with E-state index < -0.39 is 6.04 Å². The predicted molar refractivity (Wildman–Crippen MR) is 107 cm³/mol. The Bertz CT molecular complexity index is 931. The van der Waals surface area contributed by atoms with Crippen molar-refractivity contribution in [3.05, 3.63) is 65.4 Å². The molecule has 1 aliphatic rings. The van der Waals surface area contributed by atoms with Gasteiger partial charge in [-0.1, -0.05) is 29.8 Å². The molecule has 3 heterocycles. The summed E-state index contributed by atoms with van der Waals surface area (Å²) in [5.74, 6) is 1.06. The third kappa shape index (κ3) is 3.77. The molecule has 1 amide bonds. The largest absolute Gasteiger partial charge is 0.353 e. The van der Waals surface area contributed by atoms with Crippen LogP contribution in [0.15, 0.2) is 54.9 Å². The minimum atomic E-state index is -0.534. The highest BCUT2D eigenvalue weighted by Crippen LogP contribution is 2.19. The van der Waals surface area contributed by atoms with Crippen molar-refractivity contribution in [1.29, 1.82) is 0 Å². The van der Waals surface area contributed by atoms with Crippen LogP contribution >= 0.6 is 11.6 Å². The second kappa shape index (κ2) is 7.58. The molecule has 0 spiro atoms. The Hall–Kier alpha value is -2.57. The highest BCUT2D eigenvalue weighted by atomic mass is 35.5. The Kier molecular flexibility index (Phi) is 5.01. The summed E-state index contributed by atoms with van der Waals surface area (Å²) in [5.41, 5.74) is 8.11. The van der Waals surface area contributed by atoms with Gasteiger partial charge in [0.1, 0.15) is 11.5 Å². The van der Waals surface area contributed by atoms with Crippen molar-refractivity contribution in [1.82, 2.24) is 14.3 Å². The number of nitrogens with two attached hydrogens (primary N) is 1. The number of hydrogen-bond acceptors (Lipinski definition) is 4. The molecule has 1 atom stereocenters. The standard InChI is InChI=1S/C20H22ClN5O/c21-16-6-4-15(5-7-16)13-17(22)20(27)25-11-9-24(10-12-25)19-14-23-18-3-1-2-8-26(18)19/h1-8,14,17H,9-13,22H2. The first-order valence-corrected chi connectivity index (χ1v) is 9.45. The second-order valence-corrected chi connectivity index (χ2v) is 7.23. The van der Waals surface area contributed by atoms with Crippen LogP contribution in [0, 0.1) is 0 Å². The molecule has 1 aliphatic heterocycles. The molecule has 1 unspecified atom stereocenters. The van der Waals surface area contributed by atoms with Crippen LogP contribution in [0.1, 0.15) is 5.56 Å². The molecule has 0 saturated carbocycles. The van der Waals surface area contributed by atoms with E-state index >= 15 is 0 Å². The van der Waals surface area contributed by atoms with Gasteiger partial charge < -0.3 is 15.5 Å². The number of imidazole rings is 1. The molecule has 0 bridgehead atoms. The van der Waals surface area contributed by atoms with E-state index in [1.54, 1.807) is 0 Å². The Labute approximate surface area is 163 Å². The fraction of sp³-hybridized carbons (Fsp3) is 0.300. The summed E-state index contributed by atoms with van der Waals surface area (Å²) in [6.45, 7) is 2.85. The van der Waals surface area contributed by atoms with Crippen molar-refractivity contribution in [3.8, 4) is 0 Å². The van der Waals surface area contributed by atoms with Crippen molar-refractivity contribution in [2.24, 2.45) is 5.73 Å². The zero-order valence-corrected chi connectivity index (χ0v) is 15.7. The van der Waals surface area contributed by atoms with Gasteiger partial charge in [-0.05, 0) is 36.2 Å². The average Bonchev–Trinajstić information content (AvgIpc) is 3.13. The van der Waals surface area contributed by atoms with Gasteiger partial charge in [0.15, 0.2) is 0 Å². The maximum atomic E-state index is 12.7. The van der Waals surface area contributed by atoms with Gasteiger partial charge in [-0.15, -0.1) is 0 Å². The number of halogens is 1. The zero-order valence-electron chi connectivity index (χ0n) is 15.0. The number of nitrogens with zero attached hydrogens (tertiary/aromatic N) is 4. The average molecular weight is 384 g/mol. The first kappa shape index (κ1) is 17.8. The van der Waals surface area contributed by atoms with Gasteiger partial charge in [0.05, 0.1) is 12.2 Å². The zero-order chi connectivity index (χ0) is 18.8. The number of benzene rings is 1. The van der Waals surface area contributed by atoms with Crippen LogP contribution in [-0.2, 0) is 11.2 Å². The third-order valence-corrected chi connectivity index (χ3v) is 5.25. The monoisotopic (exact) mass is 383 g/mol. The molecule has 140 valence electrons. The number of carbonyl (C=O) groups is 1. The molecule has 1 fully saturated rings. The molecule has 27 heavy (non-hydrogen) atoms. The highest BCUT2D eigenvalue weighted by Gasteiger charge is 2.26. The molecule has 2 aromatic heterocycles. The van der Waals surface area contributed by atoms with E-state index in [0.717, 1.165) is 30.1 Å².